The molecule has 1 aliphatic carbocycles. The van der Waals surface area contributed by atoms with Gasteiger partial charge in [-0.05, 0) is 85.1 Å². The van der Waals surface area contributed by atoms with Crippen molar-refractivity contribution < 1.29 is 4.11 Å². The van der Waals surface area contributed by atoms with Crippen molar-refractivity contribution in [2.24, 2.45) is 0 Å². The Morgan fingerprint density at radius 1 is 0.735 bits per heavy atom. The maximum Gasteiger partial charge on any atom is 0.0493 e. The van der Waals surface area contributed by atoms with Gasteiger partial charge in [0.15, 0.2) is 0 Å². The molecule has 0 heterocycles. The van der Waals surface area contributed by atoms with Crippen LogP contribution in [0.3, 0.4) is 0 Å². The SMILES string of the molecule is [2H]C([2H])([2H])c1ccc2c(c1N(c1cc(-c3ccccc3)ccc1C)C(C)(C)C)C(C)(C)c1ccccc1-2. The molecule has 1 nitrogen and oxygen atoms in total. The number of nitrogens with zero attached hydrogens (tertiary/aromatic N) is 1. The minimum Gasteiger partial charge on any atom is -0.335 e. The van der Waals surface area contributed by atoms with Gasteiger partial charge in [0.25, 0.3) is 0 Å². The van der Waals surface area contributed by atoms with E-state index < -0.39 is 6.85 Å². The monoisotopic (exact) mass is 448 g/mol. The third-order valence-electron chi connectivity index (χ3n) is 7.15. The second-order valence-electron chi connectivity index (χ2n) is 10.9. The van der Waals surface area contributed by atoms with Crippen molar-refractivity contribution >= 4 is 11.4 Å². The van der Waals surface area contributed by atoms with Gasteiger partial charge in [-0.25, -0.2) is 0 Å². The second kappa shape index (κ2) is 7.87. The van der Waals surface area contributed by atoms with Crippen LogP contribution in [0.4, 0.5) is 11.4 Å². The molecule has 0 radical (unpaired) electrons. The fourth-order valence-corrected chi connectivity index (χ4v) is 5.56. The van der Waals surface area contributed by atoms with Crippen LogP contribution in [0.2, 0.25) is 0 Å². The Morgan fingerprint density at radius 3 is 2.12 bits per heavy atom. The van der Waals surface area contributed by atoms with Gasteiger partial charge in [0.1, 0.15) is 0 Å². The van der Waals surface area contributed by atoms with Gasteiger partial charge in [0.2, 0.25) is 0 Å². The van der Waals surface area contributed by atoms with Crippen LogP contribution in [0.5, 0.6) is 0 Å². The molecule has 4 aromatic carbocycles. The molecule has 0 fully saturated rings. The molecule has 0 aliphatic heterocycles. The molecule has 0 amide bonds. The minimum absolute atomic E-state index is 0.350. The van der Waals surface area contributed by atoms with E-state index in [0.717, 1.165) is 39.2 Å². The zero-order valence-corrected chi connectivity index (χ0v) is 21.0. The van der Waals surface area contributed by atoms with Crippen molar-refractivity contribution in [3.63, 3.8) is 0 Å². The Morgan fingerprint density at radius 2 is 1.41 bits per heavy atom. The van der Waals surface area contributed by atoms with E-state index in [2.05, 4.69) is 101 Å². The van der Waals surface area contributed by atoms with Gasteiger partial charge in [0, 0.05) is 26.4 Å². The number of benzene rings is 4. The van der Waals surface area contributed by atoms with Crippen molar-refractivity contribution in [3.8, 4) is 22.3 Å². The summed E-state index contributed by atoms with van der Waals surface area (Å²) in [6.45, 7) is 10.8. The van der Waals surface area contributed by atoms with Crippen LogP contribution < -0.4 is 4.90 Å². The number of hydrogen-bond acceptors (Lipinski definition) is 1. The summed E-state index contributed by atoms with van der Waals surface area (Å²) in [5, 5.41) is 0. The Labute approximate surface area is 209 Å². The van der Waals surface area contributed by atoms with Crippen molar-refractivity contribution in [1.29, 1.82) is 0 Å². The lowest BCUT2D eigenvalue weighted by Gasteiger charge is -2.42. The first-order valence-electron chi connectivity index (χ1n) is 13.6. The summed E-state index contributed by atoms with van der Waals surface area (Å²) in [5.41, 5.74) is 9.47. The molecule has 34 heavy (non-hydrogen) atoms. The normalized spacial score (nSPS) is 15.6. The average molecular weight is 449 g/mol. The molecule has 0 N–H and O–H groups in total. The number of aryl methyl sites for hydroxylation is 2. The predicted octanol–water partition coefficient (Wildman–Crippen LogP) is 9.21. The summed E-state index contributed by atoms with van der Waals surface area (Å²) in [5.74, 6) is 0. The first-order valence-corrected chi connectivity index (χ1v) is 12.1. The van der Waals surface area contributed by atoms with Gasteiger partial charge >= 0.3 is 0 Å². The molecule has 4 aromatic rings. The highest BCUT2D eigenvalue weighted by atomic mass is 15.2. The molecule has 0 bridgehead atoms. The maximum atomic E-state index is 8.56. The molecular formula is C33H35N. The summed E-state index contributed by atoms with van der Waals surface area (Å²) in [4.78, 5) is 2.28. The van der Waals surface area contributed by atoms with E-state index in [1.165, 1.54) is 11.1 Å². The Hall–Kier alpha value is -3.32. The van der Waals surface area contributed by atoms with Crippen LogP contribution in [-0.4, -0.2) is 5.54 Å². The predicted molar refractivity (Wildman–Crippen MR) is 147 cm³/mol. The molecule has 0 aromatic heterocycles. The van der Waals surface area contributed by atoms with Gasteiger partial charge in [-0.3, -0.25) is 0 Å². The molecule has 172 valence electrons. The van der Waals surface area contributed by atoms with Crippen molar-refractivity contribution in [1.82, 2.24) is 0 Å². The van der Waals surface area contributed by atoms with E-state index >= 15 is 0 Å². The van der Waals surface area contributed by atoms with E-state index in [1.54, 1.807) is 0 Å². The van der Waals surface area contributed by atoms with Crippen LogP contribution in [0.25, 0.3) is 22.3 Å². The summed E-state index contributed by atoms with van der Waals surface area (Å²) in [6.07, 6.45) is 0. The second-order valence-corrected chi connectivity index (χ2v) is 10.9. The lowest BCUT2D eigenvalue weighted by atomic mass is 9.80. The van der Waals surface area contributed by atoms with Crippen LogP contribution in [-0.2, 0) is 5.41 Å². The summed E-state index contributed by atoms with van der Waals surface area (Å²) in [6, 6.07) is 29.2. The third-order valence-corrected chi connectivity index (χ3v) is 7.15. The lowest BCUT2D eigenvalue weighted by molar-refractivity contribution is 0.551. The number of fused-ring (bicyclic) bond motifs is 3. The third kappa shape index (κ3) is 3.46. The largest absolute Gasteiger partial charge is 0.335 e. The van der Waals surface area contributed by atoms with Crippen molar-refractivity contribution in [3.05, 3.63) is 107 Å². The van der Waals surface area contributed by atoms with E-state index in [1.807, 2.05) is 30.3 Å². The van der Waals surface area contributed by atoms with Crippen LogP contribution in [0.1, 0.15) is 61.0 Å². The molecule has 1 heteroatoms. The molecular weight excluding hydrogens is 410 g/mol. The number of hydrogen-bond donors (Lipinski definition) is 0. The molecule has 1 aliphatic rings. The highest BCUT2D eigenvalue weighted by Crippen LogP contribution is 2.55. The van der Waals surface area contributed by atoms with Crippen molar-refractivity contribution in [2.75, 3.05) is 4.90 Å². The standard InChI is InChI=1S/C33H35N/c1-22-17-19-25(24-13-9-8-10-14-24)21-29(22)34(32(3,4)5)31-23(2)18-20-27-26-15-11-12-16-28(26)33(6,7)30(27)31/h8-21H,1-7H3/i2D3. The number of anilines is 2. The highest BCUT2D eigenvalue weighted by molar-refractivity contribution is 5.90. The van der Waals surface area contributed by atoms with Gasteiger partial charge in [-0.1, -0.05) is 92.7 Å². The van der Waals surface area contributed by atoms with Gasteiger partial charge in [-0.15, -0.1) is 0 Å². The van der Waals surface area contributed by atoms with Gasteiger partial charge < -0.3 is 4.90 Å². The summed E-state index contributed by atoms with van der Waals surface area (Å²) < 4.78 is 25.7. The fraction of sp³-hybridized carbons (Fsp3) is 0.273. The zero-order valence-electron chi connectivity index (χ0n) is 24.0. The first-order chi connectivity index (χ1) is 17.3. The molecule has 0 unspecified atom stereocenters. The molecule has 5 rings (SSSR count). The van der Waals surface area contributed by atoms with Gasteiger partial charge in [-0.2, -0.15) is 0 Å². The van der Waals surface area contributed by atoms with E-state index in [-0.39, 0.29) is 11.0 Å². The molecule has 0 atom stereocenters. The smallest absolute Gasteiger partial charge is 0.0493 e. The summed E-state index contributed by atoms with van der Waals surface area (Å²) in [7, 11) is 0. The molecule has 0 saturated heterocycles. The van der Waals surface area contributed by atoms with Crippen LogP contribution in [0, 0.1) is 13.8 Å². The minimum atomic E-state index is -2.26. The molecule has 0 spiro atoms. The average Bonchev–Trinajstić information content (AvgIpc) is 3.07. The van der Waals surface area contributed by atoms with E-state index in [0.29, 0.717) is 5.56 Å². The zero-order chi connectivity index (χ0) is 26.8. The summed E-state index contributed by atoms with van der Waals surface area (Å²) >= 11 is 0. The first kappa shape index (κ1) is 19.0. The van der Waals surface area contributed by atoms with E-state index in [9.17, 15) is 0 Å². The van der Waals surface area contributed by atoms with Crippen LogP contribution >= 0.6 is 0 Å². The Bertz CT molecular complexity index is 1470. The topological polar surface area (TPSA) is 3.24 Å². The van der Waals surface area contributed by atoms with Crippen molar-refractivity contribution in [2.45, 2.75) is 59.3 Å². The quantitative estimate of drug-likeness (QED) is 0.302. The van der Waals surface area contributed by atoms with Crippen LogP contribution in [0.15, 0.2) is 84.9 Å². The Kier molecular flexibility index (Phi) is 4.41. The maximum absolute atomic E-state index is 8.56. The van der Waals surface area contributed by atoms with E-state index in [4.69, 9.17) is 4.11 Å². The lowest BCUT2D eigenvalue weighted by Crippen LogP contribution is -2.40. The number of rotatable bonds is 3. The highest BCUT2D eigenvalue weighted by Gasteiger charge is 2.41. The van der Waals surface area contributed by atoms with Gasteiger partial charge in [0.05, 0.1) is 0 Å². The molecule has 0 saturated carbocycles. The fourth-order valence-electron chi connectivity index (χ4n) is 5.56. The Balaban J connectivity index is 1.87.